The smallest absolute Gasteiger partial charge is 0.348 e. The molecule has 2 rings (SSSR count). The molecule has 22 heavy (non-hydrogen) atoms. The first-order valence-corrected chi connectivity index (χ1v) is 6.94. The van der Waals surface area contributed by atoms with Gasteiger partial charge in [0.15, 0.2) is 0 Å². The van der Waals surface area contributed by atoms with Gasteiger partial charge in [0.25, 0.3) is 0 Å². The number of furan rings is 1. The van der Waals surface area contributed by atoms with Crippen LogP contribution >= 0.6 is 15.9 Å². The van der Waals surface area contributed by atoms with Crippen molar-refractivity contribution in [3.05, 3.63) is 49.9 Å². The largest absolute Gasteiger partial charge is 0.496 e. The normalized spacial score (nSPS) is 10.4. The molecule has 7 nitrogen and oxygen atoms in total. The maximum Gasteiger partial charge on any atom is 0.348 e. The van der Waals surface area contributed by atoms with Gasteiger partial charge in [-0.1, -0.05) is 0 Å². The first kappa shape index (κ1) is 16.0. The molecule has 0 spiro atoms. The molecule has 0 aliphatic carbocycles. The van der Waals surface area contributed by atoms with Crippen molar-refractivity contribution in [3.63, 3.8) is 0 Å². The molecule has 1 aromatic heterocycles. The Hall–Kier alpha value is -2.35. The van der Waals surface area contributed by atoms with Gasteiger partial charge in [-0.3, -0.25) is 10.1 Å². The monoisotopic (exact) mass is 369 g/mol. The van der Waals surface area contributed by atoms with Gasteiger partial charge in [-0.15, -0.1) is 0 Å². The fourth-order valence-electron chi connectivity index (χ4n) is 1.89. The van der Waals surface area contributed by atoms with E-state index in [-0.39, 0.29) is 17.0 Å². The molecule has 0 unspecified atom stereocenters. The highest BCUT2D eigenvalue weighted by molar-refractivity contribution is 9.10. The predicted octanol–water partition coefficient (Wildman–Crippen LogP) is 3.79. The Morgan fingerprint density at radius 2 is 2.00 bits per heavy atom. The number of hydrogen-bond donors (Lipinski definition) is 0. The highest BCUT2D eigenvalue weighted by Gasteiger charge is 2.25. The van der Waals surface area contributed by atoms with E-state index in [1.807, 2.05) is 0 Å². The first-order valence-electron chi connectivity index (χ1n) is 6.15. The fraction of sp³-hybridized carbons (Fsp3) is 0.214. The summed E-state index contributed by atoms with van der Waals surface area (Å²) in [6, 6.07) is 3.97. The summed E-state index contributed by atoms with van der Waals surface area (Å²) in [4.78, 5) is 22.7. The second-order valence-corrected chi connectivity index (χ2v) is 5.18. The Morgan fingerprint density at radius 3 is 2.50 bits per heavy atom. The van der Waals surface area contributed by atoms with Crippen LogP contribution in [0.25, 0.3) is 0 Å². The second kappa shape index (κ2) is 6.18. The van der Waals surface area contributed by atoms with Crippen LogP contribution in [0, 0.1) is 24.0 Å². The zero-order chi connectivity index (χ0) is 16.4. The van der Waals surface area contributed by atoms with Crippen LogP contribution in [0.2, 0.25) is 0 Å². The van der Waals surface area contributed by atoms with Crippen molar-refractivity contribution in [2.24, 2.45) is 0 Å². The van der Waals surface area contributed by atoms with Crippen LogP contribution in [-0.2, 0) is 0 Å². The number of rotatable bonds is 4. The van der Waals surface area contributed by atoms with Gasteiger partial charge >= 0.3 is 11.7 Å². The van der Waals surface area contributed by atoms with Crippen LogP contribution in [0.5, 0.6) is 11.5 Å². The third-order valence-electron chi connectivity index (χ3n) is 2.96. The van der Waals surface area contributed by atoms with Crippen molar-refractivity contribution >= 4 is 27.6 Å². The molecule has 0 aliphatic rings. The van der Waals surface area contributed by atoms with E-state index in [9.17, 15) is 14.9 Å². The minimum atomic E-state index is -0.741. The number of hydrogen-bond acceptors (Lipinski definition) is 6. The maximum atomic E-state index is 12.2. The molecule has 0 saturated heterocycles. The number of nitro benzene ring substituents is 1. The van der Waals surface area contributed by atoms with Gasteiger partial charge < -0.3 is 13.9 Å². The summed E-state index contributed by atoms with van der Waals surface area (Å²) in [5, 5.41) is 11.1. The molecule has 1 heterocycles. The molecule has 0 atom stereocenters. The quantitative estimate of drug-likeness (QED) is 0.352. The number of nitrogens with zero attached hydrogens (tertiary/aromatic N) is 1. The highest BCUT2D eigenvalue weighted by Crippen LogP contribution is 2.33. The summed E-state index contributed by atoms with van der Waals surface area (Å²) in [5.74, 6) is 0.276. The Bertz CT molecular complexity index is 752. The molecule has 116 valence electrons. The average Bonchev–Trinajstić information content (AvgIpc) is 2.72. The van der Waals surface area contributed by atoms with Crippen LogP contribution in [0.3, 0.4) is 0 Å². The Morgan fingerprint density at radius 1 is 1.32 bits per heavy atom. The zero-order valence-electron chi connectivity index (χ0n) is 12.0. The standard InChI is InChI=1S/C14H12BrNO6/c1-7-12(13(15)8(2)21-7)14(17)22-11-5-4-9(20-3)6-10(11)16(18)19/h4-6H,1-3H3. The molecule has 1 aromatic carbocycles. The summed E-state index contributed by atoms with van der Waals surface area (Å²) in [5.41, 5.74) is -0.163. The van der Waals surface area contributed by atoms with Crippen LogP contribution < -0.4 is 9.47 Å². The number of methoxy groups -OCH3 is 1. The number of nitro groups is 1. The Kier molecular flexibility index (Phi) is 4.51. The van der Waals surface area contributed by atoms with Crippen molar-refractivity contribution in [2.75, 3.05) is 7.11 Å². The van der Waals surface area contributed by atoms with Gasteiger partial charge in [-0.2, -0.15) is 0 Å². The van der Waals surface area contributed by atoms with Crippen molar-refractivity contribution < 1.29 is 23.6 Å². The lowest BCUT2D eigenvalue weighted by Crippen LogP contribution is -2.11. The van der Waals surface area contributed by atoms with Gasteiger partial charge in [0.05, 0.1) is 22.6 Å². The van der Waals surface area contributed by atoms with Crippen LogP contribution in [0.15, 0.2) is 27.1 Å². The molecular weight excluding hydrogens is 358 g/mol. The summed E-state index contributed by atoms with van der Waals surface area (Å²) in [6.45, 7) is 3.29. The molecule has 0 radical (unpaired) electrons. The van der Waals surface area contributed by atoms with E-state index in [2.05, 4.69) is 15.9 Å². The molecule has 0 aliphatic heterocycles. The van der Waals surface area contributed by atoms with E-state index in [4.69, 9.17) is 13.9 Å². The Balaban J connectivity index is 2.38. The van der Waals surface area contributed by atoms with E-state index in [1.54, 1.807) is 13.8 Å². The van der Waals surface area contributed by atoms with E-state index < -0.39 is 10.9 Å². The highest BCUT2D eigenvalue weighted by atomic mass is 79.9. The van der Waals surface area contributed by atoms with E-state index in [1.165, 1.54) is 25.3 Å². The topological polar surface area (TPSA) is 91.8 Å². The van der Waals surface area contributed by atoms with Gasteiger partial charge in [0, 0.05) is 0 Å². The lowest BCUT2D eigenvalue weighted by atomic mass is 10.2. The number of benzene rings is 1. The number of aryl methyl sites for hydroxylation is 2. The minimum absolute atomic E-state index is 0.166. The van der Waals surface area contributed by atoms with Crippen LogP contribution in [-0.4, -0.2) is 18.0 Å². The molecule has 8 heteroatoms. The lowest BCUT2D eigenvalue weighted by Gasteiger charge is -2.06. The summed E-state index contributed by atoms with van der Waals surface area (Å²) < 4.78 is 15.8. The summed E-state index contributed by atoms with van der Waals surface area (Å²) in [6.07, 6.45) is 0. The summed E-state index contributed by atoms with van der Waals surface area (Å²) in [7, 11) is 1.39. The lowest BCUT2D eigenvalue weighted by molar-refractivity contribution is -0.385. The fourth-order valence-corrected chi connectivity index (χ4v) is 2.42. The minimum Gasteiger partial charge on any atom is -0.496 e. The maximum absolute atomic E-state index is 12.2. The van der Waals surface area contributed by atoms with Crippen molar-refractivity contribution in [2.45, 2.75) is 13.8 Å². The van der Waals surface area contributed by atoms with E-state index in [0.717, 1.165) is 0 Å². The average molecular weight is 370 g/mol. The first-order chi connectivity index (χ1) is 10.3. The third kappa shape index (κ3) is 2.96. The van der Waals surface area contributed by atoms with Crippen LogP contribution in [0.1, 0.15) is 21.9 Å². The predicted molar refractivity (Wildman–Crippen MR) is 80.5 cm³/mol. The molecule has 2 aromatic rings. The van der Waals surface area contributed by atoms with Gasteiger partial charge in [0.2, 0.25) is 5.75 Å². The SMILES string of the molecule is COc1ccc(OC(=O)c2c(C)oc(C)c2Br)c([N+](=O)[O-])c1. The molecule has 0 bridgehead atoms. The number of ether oxygens (including phenoxy) is 2. The number of carbonyl (C=O) groups excluding carboxylic acids is 1. The van der Waals surface area contributed by atoms with Gasteiger partial charge in [-0.25, -0.2) is 4.79 Å². The summed E-state index contributed by atoms with van der Waals surface area (Å²) >= 11 is 3.24. The second-order valence-electron chi connectivity index (χ2n) is 4.38. The molecular formula is C14H12BrNO6. The molecule has 0 N–H and O–H groups in total. The van der Waals surface area contributed by atoms with Crippen molar-refractivity contribution in [1.29, 1.82) is 0 Å². The third-order valence-corrected chi connectivity index (χ3v) is 3.91. The number of esters is 1. The van der Waals surface area contributed by atoms with Crippen LogP contribution in [0.4, 0.5) is 5.69 Å². The molecule has 0 saturated carbocycles. The number of carbonyl (C=O) groups is 1. The van der Waals surface area contributed by atoms with Crippen molar-refractivity contribution in [1.82, 2.24) is 0 Å². The molecule has 0 fully saturated rings. The molecule has 0 amide bonds. The van der Waals surface area contributed by atoms with E-state index >= 15 is 0 Å². The Labute approximate surface area is 134 Å². The van der Waals surface area contributed by atoms with E-state index in [0.29, 0.717) is 21.7 Å². The number of halogens is 1. The van der Waals surface area contributed by atoms with Gasteiger partial charge in [-0.05, 0) is 41.9 Å². The van der Waals surface area contributed by atoms with Gasteiger partial charge in [0.1, 0.15) is 22.8 Å². The zero-order valence-corrected chi connectivity index (χ0v) is 13.6. The van der Waals surface area contributed by atoms with Crippen molar-refractivity contribution in [3.8, 4) is 11.5 Å².